The third-order valence-electron chi connectivity index (χ3n) is 1.93. The van der Waals surface area contributed by atoms with Crippen LogP contribution in [0.5, 0.6) is 0 Å². The SMILES string of the molecule is C#CCCCCC(=O)NCCC(=O)OCC. The van der Waals surface area contributed by atoms with Gasteiger partial charge in [0.2, 0.25) is 5.91 Å². The largest absolute Gasteiger partial charge is 0.466 e. The second-order valence-corrected chi connectivity index (χ2v) is 3.32. The van der Waals surface area contributed by atoms with Crippen LogP contribution in [0.25, 0.3) is 0 Å². The van der Waals surface area contributed by atoms with E-state index in [2.05, 4.69) is 11.2 Å². The van der Waals surface area contributed by atoms with E-state index in [4.69, 9.17) is 11.2 Å². The van der Waals surface area contributed by atoms with Crippen LogP contribution in [0.2, 0.25) is 0 Å². The van der Waals surface area contributed by atoms with Crippen molar-refractivity contribution in [3.05, 3.63) is 0 Å². The topological polar surface area (TPSA) is 55.4 Å². The van der Waals surface area contributed by atoms with Crippen molar-refractivity contribution in [2.24, 2.45) is 0 Å². The fraction of sp³-hybridized carbons (Fsp3) is 0.667. The Balaban J connectivity index is 3.37. The number of hydrogen-bond donors (Lipinski definition) is 1. The molecule has 4 nitrogen and oxygen atoms in total. The summed E-state index contributed by atoms with van der Waals surface area (Å²) in [6, 6.07) is 0. The van der Waals surface area contributed by atoms with E-state index >= 15 is 0 Å². The molecule has 0 heterocycles. The standard InChI is InChI=1S/C12H19NO3/c1-3-5-6-7-8-11(14)13-10-9-12(15)16-4-2/h1H,4-10H2,2H3,(H,13,14). The van der Waals surface area contributed by atoms with E-state index in [1.807, 2.05) is 0 Å². The lowest BCUT2D eigenvalue weighted by atomic mass is 10.2. The van der Waals surface area contributed by atoms with Crippen molar-refractivity contribution in [3.8, 4) is 12.3 Å². The molecule has 1 N–H and O–H groups in total. The molecule has 0 rings (SSSR count). The van der Waals surface area contributed by atoms with Gasteiger partial charge < -0.3 is 10.1 Å². The number of carbonyl (C=O) groups is 2. The van der Waals surface area contributed by atoms with Crippen molar-refractivity contribution in [3.63, 3.8) is 0 Å². The van der Waals surface area contributed by atoms with Crippen molar-refractivity contribution >= 4 is 11.9 Å². The molecule has 0 aliphatic heterocycles. The van der Waals surface area contributed by atoms with E-state index in [0.29, 0.717) is 26.0 Å². The van der Waals surface area contributed by atoms with E-state index < -0.39 is 0 Å². The molecule has 0 fully saturated rings. The van der Waals surface area contributed by atoms with E-state index in [9.17, 15) is 9.59 Å². The normalized spacial score (nSPS) is 9.25. The molecule has 16 heavy (non-hydrogen) atoms. The molecule has 0 radical (unpaired) electrons. The number of ether oxygens (including phenoxy) is 1. The molecular formula is C12H19NO3. The van der Waals surface area contributed by atoms with Crippen molar-refractivity contribution in [1.29, 1.82) is 0 Å². The maximum Gasteiger partial charge on any atom is 0.307 e. The van der Waals surface area contributed by atoms with Gasteiger partial charge in [0, 0.05) is 19.4 Å². The lowest BCUT2D eigenvalue weighted by molar-refractivity contribution is -0.143. The van der Waals surface area contributed by atoms with Crippen LogP contribution in [0.1, 0.15) is 39.0 Å². The van der Waals surface area contributed by atoms with Crippen molar-refractivity contribution in [1.82, 2.24) is 5.32 Å². The van der Waals surface area contributed by atoms with Gasteiger partial charge in [0.05, 0.1) is 13.0 Å². The van der Waals surface area contributed by atoms with Crippen LogP contribution in [-0.4, -0.2) is 25.0 Å². The number of amides is 1. The maximum atomic E-state index is 11.2. The first-order valence-electron chi connectivity index (χ1n) is 5.56. The predicted octanol–water partition coefficient (Wildman–Crippen LogP) is 1.25. The molecule has 0 aromatic carbocycles. The number of unbranched alkanes of at least 4 members (excludes halogenated alkanes) is 2. The van der Waals surface area contributed by atoms with Crippen LogP contribution < -0.4 is 5.32 Å². The summed E-state index contributed by atoms with van der Waals surface area (Å²) in [5.41, 5.74) is 0. The third-order valence-corrected chi connectivity index (χ3v) is 1.93. The summed E-state index contributed by atoms with van der Waals surface area (Å²) in [5, 5.41) is 2.66. The van der Waals surface area contributed by atoms with Gasteiger partial charge in [0.15, 0.2) is 0 Å². The minimum atomic E-state index is -0.282. The fourth-order valence-electron chi connectivity index (χ4n) is 1.14. The summed E-state index contributed by atoms with van der Waals surface area (Å²) in [6.07, 6.45) is 8.13. The van der Waals surface area contributed by atoms with Crippen LogP contribution in [-0.2, 0) is 14.3 Å². The van der Waals surface area contributed by atoms with Gasteiger partial charge >= 0.3 is 5.97 Å². The summed E-state index contributed by atoms with van der Waals surface area (Å²) in [5.74, 6) is 2.20. The first-order chi connectivity index (χ1) is 7.70. The number of terminal acetylenes is 1. The van der Waals surface area contributed by atoms with Gasteiger partial charge in [-0.25, -0.2) is 0 Å². The highest BCUT2D eigenvalue weighted by molar-refractivity contribution is 5.76. The van der Waals surface area contributed by atoms with Gasteiger partial charge in [0.25, 0.3) is 0 Å². The second kappa shape index (κ2) is 10.0. The maximum absolute atomic E-state index is 11.2. The molecule has 0 aromatic rings. The smallest absolute Gasteiger partial charge is 0.307 e. The molecule has 0 saturated carbocycles. The number of rotatable bonds is 8. The molecule has 0 saturated heterocycles. The Labute approximate surface area is 96.7 Å². The zero-order valence-corrected chi connectivity index (χ0v) is 9.75. The van der Waals surface area contributed by atoms with Gasteiger partial charge in [-0.15, -0.1) is 12.3 Å². The van der Waals surface area contributed by atoms with Crippen LogP contribution in [0.15, 0.2) is 0 Å². The summed E-state index contributed by atoms with van der Waals surface area (Å²) >= 11 is 0. The molecule has 0 bridgehead atoms. The zero-order chi connectivity index (χ0) is 12.2. The predicted molar refractivity (Wildman–Crippen MR) is 61.6 cm³/mol. The van der Waals surface area contributed by atoms with Crippen molar-refractivity contribution in [2.75, 3.05) is 13.2 Å². The quantitative estimate of drug-likeness (QED) is 0.384. The van der Waals surface area contributed by atoms with Gasteiger partial charge in [-0.3, -0.25) is 9.59 Å². The Morgan fingerprint density at radius 1 is 1.31 bits per heavy atom. The average Bonchev–Trinajstić information content (AvgIpc) is 2.25. The average molecular weight is 225 g/mol. The van der Waals surface area contributed by atoms with Crippen LogP contribution in [0.3, 0.4) is 0 Å². The minimum Gasteiger partial charge on any atom is -0.466 e. The van der Waals surface area contributed by atoms with Crippen molar-refractivity contribution in [2.45, 2.75) is 39.0 Å². The molecule has 0 aliphatic carbocycles. The first kappa shape index (κ1) is 14.5. The Morgan fingerprint density at radius 3 is 2.69 bits per heavy atom. The molecule has 4 heteroatoms. The minimum absolute atomic E-state index is 0.0404. The lowest BCUT2D eigenvalue weighted by Crippen LogP contribution is -2.26. The van der Waals surface area contributed by atoms with Gasteiger partial charge in [0.1, 0.15) is 0 Å². The molecule has 0 aromatic heterocycles. The molecule has 1 amide bonds. The second-order valence-electron chi connectivity index (χ2n) is 3.32. The Kier molecular flexibility index (Phi) is 9.09. The molecule has 0 unspecified atom stereocenters. The lowest BCUT2D eigenvalue weighted by Gasteiger charge is -2.04. The highest BCUT2D eigenvalue weighted by atomic mass is 16.5. The highest BCUT2D eigenvalue weighted by Crippen LogP contribution is 1.98. The molecule has 0 atom stereocenters. The van der Waals surface area contributed by atoms with Crippen molar-refractivity contribution < 1.29 is 14.3 Å². The van der Waals surface area contributed by atoms with Crippen LogP contribution >= 0.6 is 0 Å². The van der Waals surface area contributed by atoms with Gasteiger partial charge in [-0.2, -0.15) is 0 Å². The number of hydrogen-bond acceptors (Lipinski definition) is 3. The van der Waals surface area contributed by atoms with Gasteiger partial charge in [-0.1, -0.05) is 0 Å². The highest BCUT2D eigenvalue weighted by Gasteiger charge is 2.03. The van der Waals surface area contributed by atoms with Crippen LogP contribution in [0, 0.1) is 12.3 Å². The Bertz CT molecular complexity index is 255. The number of esters is 1. The molecular weight excluding hydrogens is 206 g/mol. The monoisotopic (exact) mass is 225 g/mol. The van der Waals surface area contributed by atoms with E-state index in [0.717, 1.165) is 12.8 Å². The Morgan fingerprint density at radius 2 is 2.06 bits per heavy atom. The molecule has 0 aliphatic rings. The van der Waals surface area contributed by atoms with E-state index in [-0.39, 0.29) is 18.3 Å². The summed E-state index contributed by atoms with van der Waals surface area (Å²) in [4.78, 5) is 22.2. The summed E-state index contributed by atoms with van der Waals surface area (Å²) < 4.78 is 4.72. The molecule has 0 spiro atoms. The zero-order valence-electron chi connectivity index (χ0n) is 9.75. The first-order valence-corrected chi connectivity index (χ1v) is 5.56. The van der Waals surface area contributed by atoms with E-state index in [1.54, 1.807) is 6.92 Å². The fourth-order valence-corrected chi connectivity index (χ4v) is 1.14. The number of nitrogens with one attached hydrogen (secondary N) is 1. The summed E-state index contributed by atoms with van der Waals surface area (Å²) in [7, 11) is 0. The summed E-state index contributed by atoms with van der Waals surface area (Å²) in [6.45, 7) is 2.47. The van der Waals surface area contributed by atoms with Crippen LogP contribution in [0.4, 0.5) is 0 Å². The molecule has 90 valence electrons. The van der Waals surface area contributed by atoms with E-state index in [1.165, 1.54) is 0 Å². The third kappa shape index (κ3) is 9.07. The Hall–Kier alpha value is -1.50. The number of carbonyl (C=O) groups excluding carboxylic acids is 2. The van der Waals surface area contributed by atoms with Gasteiger partial charge in [-0.05, 0) is 19.8 Å².